The van der Waals surface area contributed by atoms with E-state index in [1.807, 2.05) is 24.3 Å². The van der Waals surface area contributed by atoms with Gasteiger partial charge in [-0.15, -0.1) is 11.6 Å². The number of carbonyl (C=O) groups excluding carboxylic acids is 1. The fourth-order valence-corrected chi connectivity index (χ4v) is 1.57. The summed E-state index contributed by atoms with van der Waals surface area (Å²) in [6, 6.07) is 9.21. The molecule has 0 spiro atoms. The van der Waals surface area contributed by atoms with Gasteiger partial charge in [0.2, 0.25) is 0 Å². The zero-order chi connectivity index (χ0) is 11.4. The maximum absolute atomic E-state index is 11.7. The van der Waals surface area contributed by atoms with Gasteiger partial charge in [0.1, 0.15) is 0 Å². The van der Waals surface area contributed by atoms with Gasteiger partial charge < -0.3 is 5.32 Å². The van der Waals surface area contributed by atoms with Crippen molar-refractivity contribution >= 4 is 28.4 Å². The van der Waals surface area contributed by atoms with E-state index < -0.39 is 0 Å². The average molecular weight is 235 g/mol. The van der Waals surface area contributed by atoms with Crippen LogP contribution in [-0.4, -0.2) is 23.3 Å². The summed E-state index contributed by atoms with van der Waals surface area (Å²) < 4.78 is 0. The largest absolute Gasteiger partial charge is 0.351 e. The van der Waals surface area contributed by atoms with E-state index in [0.29, 0.717) is 18.0 Å². The molecule has 0 atom stereocenters. The SMILES string of the molecule is O=C(NCCCl)c1ccc2ncccc2c1. The molecular formula is C12H11ClN2O. The molecule has 0 saturated heterocycles. The van der Waals surface area contributed by atoms with Crippen LogP contribution >= 0.6 is 11.6 Å². The van der Waals surface area contributed by atoms with Crippen molar-refractivity contribution in [2.75, 3.05) is 12.4 Å². The lowest BCUT2D eigenvalue weighted by molar-refractivity contribution is 0.0956. The van der Waals surface area contributed by atoms with Crippen molar-refractivity contribution in [1.29, 1.82) is 0 Å². The van der Waals surface area contributed by atoms with Gasteiger partial charge in [-0.3, -0.25) is 9.78 Å². The number of nitrogens with zero attached hydrogens (tertiary/aromatic N) is 1. The van der Waals surface area contributed by atoms with E-state index in [1.54, 1.807) is 12.3 Å². The van der Waals surface area contributed by atoms with Crippen LogP contribution in [0.3, 0.4) is 0 Å². The van der Waals surface area contributed by atoms with Gasteiger partial charge in [0.05, 0.1) is 5.52 Å². The van der Waals surface area contributed by atoms with Crippen LogP contribution in [0, 0.1) is 0 Å². The highest BCUT2D eigenvalue weighted by molar-refractivity contribution is 6.18. The fraction of sp³-hybridized carbons (Fsp3) is 0.167. The Labute approximate surface area is 98.4 Å². The number of carbonyl (C=O) groups is 1. The van der Waals surface area contributed by atoms with Gasteiger partial charge in [0.15, 0.2) is 0 Å². The lowest BCUT2D eigenvalue weighted by atomic mass is 10.1. The Morgan fingerprint density at radius 3 is 3.06 bits per heavy atom. The first-order chi connectivity index (χ1) is 7.81. The molecule has 0 bridgehead atoms. The molecule has 2 aromatic rings. The molecule has 1 amide bonds. The summed E-state index contributed by atoms with van der Waals surface area (Å²) in [5, 5.41) is 3.68. The minimum atomic E-state index is -0.105. The van der Waals surface area contributed by atoms with Crippen LogP contribution in [0.2, 0.25) is 0 Å². The first-order valence-electron chi connectivity index (χ1n) is 5.00. The molecule has 0 aliphatic carbocycles. The maximum atomic E-state index is 11.7. The summed E-state index contributed by atoms with van der Waals surface area (Å²) in [5.41, 5.74) is 1.52. The predicted molar refractivity (Wildman–Crippen MR) is 64.8 cm³/mol. The zero-order valence-electron chi connectivity index (χ0n) is 8.61. The molecule has 82 valence electrons. The van der Waals surface area contributed by atoms with E-state index in [0.717, 1.165) is 10.9 Å². The smallest absolute Gasteiger partial charge is 0.251 e. The number of hydrogen-bond donors (Lipinski definition) is 1. The van der Waals surface area contributed by atoms with E-state index in [2.05, 4.69) is 10.3 Å². The predicted octanol–water partition coefficient (Wildman–Crippen LogP) is 2.20. The molecular weight excluding hydrogens is 224 g/mol. The third-order valence-electron chi connectivity index (χ3n) is 2.25. The number of alkyl halides is 1. The first-order valence-corrected chi connectivity index (χ1v) is 5.53. The van der Waals surface area contributed by atoms with Gasteiger partial charge in [-0.1, -0.05) is 6.07 Å². The third-order valence-corrected chi connectivity index (χ3v) is 2.43. The molecule has 1 aromatic carbocycles. The van der Waals surface area contributed by atoms with E-state index in [9.17, 15) is 4.79 Å². The number of pyridine rings is 1. The van der Waals surface area contributed by atoms with Crippen molar-refractivity contribution in [3.05, 3.63) is 42.1 Å². The lowest BCUT2D eigenvalue weighted by Gasteiger charge is -2.03. The fourth-order valence-electron chi connectivity index (χ4n) is 1.48. The molecule has 3 nitrogen and oxygen atoms in total. The van der Waals surface area contributed by atoms with Gasteiger partial charge in [0.25, 0.3) is 5.91 Å². The Bertz CT molecular complexity index is 513. The molecule has 0 aliphatic rings. The maximum Gasteiger partial charge on any atom is 0.251 e. The highest BCUT2D eigenvalue weighted by Crippen LogP contribution is 2.13. The van der Waals surface area contributed by atoms with Gasteiger partial charge in [-0.05, 0) is 24.3 Å². The molecule has 0 unspecified atom stereocenters. The number of fused-ring (bicyclic) bond motifs is 1. The van der Waals surface area contributed by atoms with E-state index in [-0.39, 0.29) is 5.91 Å². The topological polar surface area (TPSA) is 42.0 Å². The molecule has 0 fully saturated rings. The van der Waals surface area contributed by atoms with Gasteiger partial charge in [-0.25, -0.2) is 0 Å². The Kier molecular flexibility index (Phi) is 3.37. The second kappa shape index (κ2) is 4.94. The summed E-state index contributed by atoms with van der Waals surface area (Å²) in [6.45, 7) is 0.478. The Morgan fingerprint density at radius 1 is 1.38 bits per heavy atom. The minimum absolute atomic E-state index is 0.105. The normalized spacial score (nSPS) is 10.3. The number of rotatable bonds is 3. The van der Waals surface area contributed by atoms with E-state index in [1.165, 1.54) is 0 Å². The second-order valence-electron chi connectivity index (χ2n) is 3.36. The van der Waals surface area contributed by atoms with Crippen molar-refractivity contribution in [2.24, 2.45) is 0 Å². The van der Waals surface area contributed by atoms with Crippen molar-refractivity contribution in [2.45, 2.75) is 0 Å². The molecule has 1 aromatic heterocycles. The second-order valence-corrected chi connectivity index (χ2v) is 3.73. The minimum Gasteiger partial charge on any atom is -0.351 e. The Balaban J connectivity index is 2.28. The number of hydrogen-bond acceptors (Lipinski definition) is 2. The standard InChI is InChI=1S/C12H11ClN2O/c13-5-7-15-12(16)10-3-4-11-9(8-10)2-1-6-14-11/h1-4,6,8H,5,7H2,(H,15,16). The first kappa shape index (κ1) is 10.9. The zero-order valence-corrected chi connectivity index (χ0v) is 9.37. The van der Waals surface area contributed by atoms with Crippen molar-refractivity contribution in [3.8, 4) is 0 Å². The highest BCUT2D eigenvalue weighted by atomic mass is 35.5. The lowest BCUT2D eigenvalue weighted by Crippen LogP contribution is -2.25. The number of amides is 1. The monoisotopic (exact) mass is 234 g/mol. The summed E-state index contributed by atoms with van der Waals surface area (Å²) in [7, 11) is 0. The van der Waals surface area contributed by atoms with Crippen LogP contribution in [0.4, 0.5) is 0 Å². The summed E-state index contributed by atoms with van der Waals surface area (Å²) >= 11 is 5.50. The summed E-state index contributed by atoms with van der Waals surface area (Å²) in [6.07, 6.45) is 1.73. The summed E-state index contributed by atoms with van der Waals surface area (Å²) in [5.74, 6) is 0.312. The third kappa shape index (κ3) is 2.31. The number of aromatic nitrogens is 1. The van der Waals surface area contributed by atoms with Crippen LogP contribution < -0.4 is 5.32 Å². The average Bonchev–Trinajstić information content (AvgIpc) is 2.35. The molecule has 0 radical (unpaired) electrons. The van der Waals surface area contributed by atoms with E-state index in [4.69, 9.17) is 11.6 Å². The Morgan fingerprint density at radius 2 is 2.25 bits per heavy atom. The van der Waals surface area contributed by atoms with E-state index >= 15 is 0 Å². The van der Waals surface area contributed by atoms with Crippen molar-refractivity contribution in [3.63, 3.8) is 0 Å². The molecule has 2 rings (SSSR count). The number of halogens is 1. The molecule has 4 heteroatoms. The molecule has 1 heterocycles. The van der Waals surface area contributed by atoms with Crippen LogP contribution in [0.5, 0.6) is 0 Å². The number of nitrogens with one attached hydrogen (secondary N) is 1. The highest BCUT2D eigenvalue weighted by Gasteiger charge is 2.05. The molecule has 16 heavy (non-hydrogen) atoms. The molecule has 0 saturated carbocycles. The van der Waals surface area contributed by atoms with Crippen molar-refractivity contribution in [1.82, 2.24) is 10.3 Å². The van der Waals surface area contributed by atoms with Crippen LogP contribution in [0.25, 0.3) is 10.9 Å². The summed E-state index contributed by atoms with van der Waals surface area (Å²) in [4.78, 5) is 15.8. The molecule has 0 aliphatic heterocycles. The van der Waals surface area contributed by atoms with Crippen molar-refractivity contribution < 1.29 is 4.79 Å². The Hall–Kier alpha value is -1.61. The number of benzene rings is 1. The van der Waals surface area contributed by atoms with Crippen LogP contribution in [0.15, 0.2) is 36.5 Å². The van der Waals surface area contributed by atoms with Crippen LogP contribution in [0.1, 0.15) is 10.4 Å². The van der Waals surface area contributed by atoms with Gasteiger partial charge in [0, 0.05) is 29.6 Å². The van der Waals surface area contributed by atoms with Gasteiger partial charge in [-0.2, -0.15) is 0 Å². The molecule has 1 N–H and O–H groups in total. The quantitative estimate of drug-likeness (QED) is 0.828. The van der Waals surface area contributed by atoms with Crippen LogP contribution in [-0.2, 0) is 0 Å². The van der Waals surface area contributed by atoms with Gasteiger partial charge >= 0.3 is 0 Å².